The molecule has 0 bridgehead atoms. The van der Waals surface area contributed by atoms with Crippen LogP contribution in [0.15, 0.2) is 18.3 Å². The number of hydrogen-bond donors (Lipinski definition) is 1. The van der Waals surface area contributed by atoms with Crippen molar-refractivity contribution < 1.29 is 9.53 Å². The van der Waals surface area contributed by atoms with Gasteiger partial charge in [-0.25, -0.2) is 9.97 Å². The number of carbonyl (C=O) groups excluding carboxylic acids is 1. The Labute approximate surface area is 185 Å². The predicted molar refractivity (Wildman–Crippen MR) is 124 cm³/mol. The van der Waals surface area contributed by atoms with E-state index in [4.69, 9.17) is 9.72 Å². The van der Waals surface area contributed by atoms with Gasteiger partial charge in [0.05, 0.1) is 28.0 Å². The van der Waals surface area contributed by atoms with Crippen molar-refractivity contribution >= 4 is 50.6 Å². The van der Waals surface area contributed by atoms with E-state index in [-0.39, 0.29) is 5.91 Å². The van der Waals surface area contributed by atoms with Gasteiger partial charge in [0.2, 0.25) is 11.9 Å². The summed E-state index contributed by atoms with van der Waals surface area (Å²) in [4.78, 5) is 30.2. The van der Waals surface area contributed by atoms with E-state index < -0.39 is 0 Å². The minimum Gasteiger partial charge on any atom is -0.381 e. The highest BCUT2D eigenvalue weighted by atomic mass is 32.1. The normalized spacial score (nSPS) is 17.3. The average Bonchev–Trinajstić information content (AvgIpc) is 3.11. The van der Waals surface area contributed by atoms with Gasteiger partial charge < -0.3 is 19.9 Å². The molecule has 0 aliphatic carbocycles. The first kappa shape index (κ1) is 20.1. The zero-order valence-electron chi connectivity index (χ0n) is 18.0. The van der Waals surface area contributed by atoms with Gasteiger partial charge in [0.25, 0.3) is 0 Å². The van der Waals surface area contributed by atoms with E-state index in [2.05, 4.69) is 39.2 Å². The zero-order chi connectivity index (χ0) is 21.5. The second kappa shape index (κ2) is 8.05. The van der Waals surface area contributed by atoms with Gasteiger partial charge in [0, 0.05) is 32.5 Å². The number of carbonyl (C=O) groups is 1. The molecule has 2 aliphatic heterocycles. The fraction of sp³-hybridized carbons (Fsp3) is 0.455. The smallest absolute Gasteiger partial charge is 0.246 e. The highest BCUT2D eigenvalue weighted by Gasteiger charge is 2.31. The summed E-state index contributed by atoms with van der Waals surface area (Å²) in [6, 6.07) is 4.19. The number of hydrogen-bond acceptors (Lipinski definition) is 8. The van der Waals surface area contributed by atoms with Crippen LogP contribution >= 0.6 is 11.3 Å². The number of nitrogens with one attached hydrogen (secondary N) is 1. The first-order valence-corrected chi connectivity index (χ1v) is 11.4. The van der Waals surface area contributed by atoms with Crippen LogP contribution in [0.2, 0.25) is 0 Å². The third-order valence-corrected chi connectivity index (χ3v) is 6.95. The van der Waals surface area contributed by atoms with Crippen molar-refractivity contribution in [2.45, 2.75) is 26.7 Å². The average molecular weight is 439 g/mol. The minimum atomic E-state index is 0.0609. The summed E-state index contributed by atoms with van der Waals surface area (Å²) in [7, 11) is 1.79. The Morgan fingerprint density at radius 3 is 2.84 bits per heavy atom. The number of rotatable bonds is 4. The molecule has 4 heterocycles. The van der Waals surface area contributed by atoms with Gasteiger partial charge in [-0.15, -0.1) is 11.3 Å². The molecule has 162 valence electrons. The summed E-state index contributed by atoms with van der Waals surface area (Å²) >= 11 is 1.67. The molecule has 1 saturated heterocycles. The summed E-state index contributed by atoms with van der Waals surface area (Å²) in [6.45, 7) is 6.78. The molecule has 2 aromatic heterocycles. The Morgan fingerprint density at radius 2 is 2.03 bits per heavy atom. The summed E-state index contributed by atoms with van der Waals surface area (Å²) in [6.07, 6.45) is 3.77. The van der Waals surface area contributed by atoms with E-state index in [0.717, 1.165) is 70.6 Å². The molecule has 9 heteroatoms. The van der Waals surface area contributed by atoms with E-state index in [9.17, 15) is 4.79 Å². The van der Waals surface area contributed by atoms with Crippen molar-refractivity contribution in [3.63, 3.8) is 0 Å². The number of ether oxygens (including phenoxy) is 1. The number of benzene rings is 1. The van der Waals surface area contributed by atoms with E-state index in [1.165, 1.54) is 0 Å². The fourth-order valence-corrected chi connectivity index (χ4v) is 5.06. The van der Waals surface area contributed by atoms with E-state index >= 15 is 0 Å². The molecular weight excluding hydrogens is 412 g/mol. The first-order chi connectivity index (χ1) is 15.0. The summed E-state index contributed by atoms with van der Waals surface area (Å²) < 4.78 is 6.63. The molecular formula is C22H26N6O2S. The molecule has 31 heavy (non-hydrogen) atoms. The lowest BCUT2D eigenvalue weighted by Gasteiger charge is -2.37. The standard InChI is InChI=1S/C22H26N6O2S/c1-13-8-17-19(31-14(2)24-17)9-16(13)25-22-23-10-18-21(26-22)28(12-20(29)27(18)3)11-15-4-6-30-7-5-15/h8-10,15H,4-7,11-12H2,1-3H3,(H,23,25,26). The van der Waals surface area contributed by atoms with Gasteiger partial charge in [-0.1, -0.05) is 0 Å². The van der Waals surface area contributed by atoms with Crippen LogP contribution in [0, 0.1) is 19.8 Å². The number of aryl methyl sites for hydroxylation is 2. The molecule has 1 amide bonds. The van der Waals surface area contributed by atoms with Crippen LogP contribution in [0.5, 0.6) is 0 Å². The predicted octanol–water partition coefficient (Wildman–Crippen LogP) is 3.66. The van der Waals surface area contributed by atoms with Gasteiger partial charge in [0.15, 0.2) is 5.82 Å². The van der Waals surface area contributed by atoms with Gasteiger partial charge in [0.1, 0.15) is 5.69 Å². The number of anilines is 4. The molecule has 2 aliphatic rings. The SMILES string of the molecule is Cc1nc2cc(C)c(Nc3ncc4c(n3)N(CC3CCOCC3)CC(=O)N4C)cc2s1. The van der Waals surface area contributed by atoms with Crippen LogP contribution in [0.3, 0.4) is 0 Å². The number of nitrogens with zero attached hydrogens (tertiary/aromatic N) is 5. The maximum Gasteiger partial charge on any atom is 0.246 e. The number of aromatic nitrogens is 3. The Morgan fingerprint density at radius 1 is 1.23 bits per heavy atom. The highest BCUT2D eigenvalue weighted by Crippen LogP contribution is 2.34. The summed E-state index contributed by atoms with van der Waals surface area (Å²) in [5.41, 5.74) is 3.82. The lowest BCUT2D eigenvalue weighted by Crippen LogP contribution is -2.46. The molecule has 0 radical (unpaired) electrons. The van der Waals surface area contributed by atoms with Gasteiger partial charge in [-0.05, 0) is 50.3 Å². The van der Waals surface area contributed by atoms with Crippen molar-refractivity contribution in [3.8, 4) is 0 Å². The topological polar surface area (TPSA) is 83.5 Å². The summed E-state index contributed by atoms with van der Waals surface area (Å²) in [5, 5.41) is 4.43. The van der Waals surface area contributed by atoms with Crippen molar-refractivity contribution in [1.29, 1.82) is 0 Å². The van der Waals surface area contributed by atoms with Gasteiger partial charge >= 0.3 is 0 Å². The third-order valence-electron chi connectivity index (χ3n) is 6.02. The van der Waals surface area contributed by atoms with E-state index in [1.807, 2.05) is 6.92 Å². The largest absolute Gasteiger partial charge is 0.381 e. The number of fused-ring (bicyclic) bond motifs is 2. The number of likely N-dealkylation sites (N-methyl/N-ethyl adjacent to an activating group) is 1. The maximum atomic E-state index is 12.5. The molecule has 0 spiro atoms. The lowest BCUT2D eigenvalue weighted by molar-refractivity contribution is -0.117. The summed E-state index contributed by atoms with van der Waals surface area (Å²) in [5.74, 6) is 1.90. The molecule has 5 rings (SSSR count). The molecule has 0 atom stereocenters. The second-order valence-corrected chi connectivity index (χ2v) is 9.52. The van der Waals surface area contributed by atoms with Crippen LogP contribution in [0.25, 0.3) is 10.2 Å². The first-order valence-electron chi connectivity index (χ1n) is 10.6. The van der Waals surface area contributed by atoms with Gasteiger partial charge in [-0.3, -0.25) is 4.79 Å². The van der Waals surface area contributed by atoms with Crippen LogP contribution in [-0.2, 0) is 9.53 Å². The lowest BCUT2D eigenvalue weighted by atomic mass is 9.99. The van der Waals surface area contributed by atoms with E-state index in [1.54, 1.807) is 29.5 Å². The molecule has 1 fully saturated rings. The molecule has 8 nitrogen and oxygen atoms in total. The Kier molecular flexibility index (Phi) is 5.23. The fourth-order valence-electron chi connectivity index (χ4n) is 4.21. The third kappa shape index (κ3) is 3.95. The van der Waals surface area contributed by atoms with Crippen LogP contribution in [-0.4, -0.2) is 54.2 Å². The van der Waals surface area contributed by atoms with Gasteiger partial charge in [-0.2, -0.15) is 4.98 Å². The Balaban J connectivity index is 1.45. The van der Waals surface area contributed by atoms with E-state index in [0.29, 0.717) is 18.4 Å². The van der Waals surface area contributed by atoms with Crippen molar-refractivity contribution in [1.82, 2.24) is 15.0 Å². The molecule has 3 aromatic rings. The zero-order valence-corrected chi connectivity index (χ0v) is 18.8. The Hall–Kier alpha value is -2.78. The number of thiazole rings is 1. The monoisotopic (exact) mass is 438 g/mol. The van der Waals surface area contributed by atoms with Crippen molar-refractivity contribution in [2.75, 3.05) is 48.5 Å². The minimum absolute atomic E-state index is 0.0609. The molecule has 0 unspecified atom stereocenters. The Bertz CT molecular complexity index is 1140. The van der Waals surface area contributed by atoms with Crippen molar-refractivity contribution in [2.24, 2.45) is 5.92 Å². The van der Waals surface area contributed by atoms with Crippen LogP contribution < -0.4 is 15.1 Å². The van der Waals surface area contributed by atoms with Crippen LogP contribution in [0.4, 0.5) is 23.1 Å². The maximum absolute atomic E-state index is 12.5. The molecule has 1 N–H and O–H groups in total. The quantitative estimate of drug-likeness (QED) is 0.666. The number of amides is 1. The van der Waals surface area contributed by atoms with Crippen LogP contribution in [0.1, 0.15) is 23.4 Å². The molecule has 1 aromatic carbocycles. The highest BCUT2D eigenvalue weighted by molar-refractivity contribution is 7.18. The second-order valence-electron chi connectivity index (χ2n) is 8.28. The molecule has 0 saturated carbocycles. The van der Waals surface area contributed by atoms with Crippen molar-refractivity contribution in [3.05, 3.63) is 28.9 Å².